The highest BCUT2D eigenvalue weighted by atomic mass is 16.5. The van der Waals surface area contributed by atoms with Crippen molar-refractivity contribution in [2.75, 3.05) is 0 Å². The van der Waals surface area contributed by atoms with Gasteiger partial charge >= 0.3 is 5.97 Å². The van der Waals surface area contributed by atoms with Gasteiger partial charge < -0.3 is 19.7 Å². The molecule has 226 valence electrons. The van der Waals surface area contributed by atoms with Crippen LogP contribution in [0.25, 0.3) is 10.9 Å². The molecule has 1 aromatic heterocycles. The van der Waals surface area contributed by atoms with Gasteiger partial charge in [0.25, 0.3) is 5.91 Å². The molecule has 6 nitrogen and oxygen atoms in total. The summed E-state index contributed by atoms with van der Waals surface area (Å²) in [5.41, 5.74) is 6.28. The standard InChI is InChI=1S/C37H44N2O4/c1-24-32(20-26-12-9-15-30(19-26)43-37(5,6)35(41)42)31-17-16-28(21-33(31)39(24)23-25-10-7-11-25)34(40)38-22-27-13-8-14-29(18-27)36(2,3)4/h8-9,12-19,21,25H,7,10-11,20,22-23H2,1-6H3,(H,38,40)(H,41,42). The Morgan fingerprint density at radius 3 is 2.35 bits per heavy atom. The van der Waals surface area contributed by atoms with E-state index in [4.69, 9.17) is 4.74 Å². The molecule has 43 heavy (non-hydrogen) atoms. The van der Waals surface area contributed by atoms with Crippen LogP contribution in [0.2, 0.25) is 0 Å². The van der Waals surface area contributed by atoms with Gasteiger partial charge in [-0.25, -0.2) is 4.79 Å². The van der Waals surface area contributed by atoms with Crippen molar-refractivity contribution < 1.29 is 19.4 Å². The number of nitrogens with one attached hydrogen (secondary N) is 1. The summed E-state index contributed by atoms with van der Waals surface area (Å²) < 4.78 is 8.20. The summed E-state index contributed by atoms with van der Waals surface area (Å²) in [6.07, 6.45) is 4.43. The molecule has 0 unspecified atom stereocenters. The van der Waals surface area contributed by atoms with Crippen molar-refractivity contribution in [3.63, 3.8) is 0 Å². The Balaban J connectivity index is 1.42. The number of benzene rings is 3. The normalized spacial score (nSPS) is 14.0. The van der Waals surface area contributed by atoms with Gasteiger partial charge in [0.05, 0.1) is 0 Å². The minimum atomic E-state index is -1.32. The van der Waals surface area contributed by atoms with E-state index in [9.17, 15) is 14.7 Å². The molecule has 0 radical (unpaired) electrons. The average molecular weight is 581 g/mol. The number of rotatable bonds is 10. The summed E-state index contributed by atoms with van der Waals surface area (Å²) in [6, 6.07) is 22.1. The Morgan fingerprint density at radius 2 is 1.67 bits per heavy atom. The number of fused-ring (bicyclic) bond motifs is 1. The predicted octanol–water partition coefficient (Wildman–Crippen LogP) is 7.81. The molecular weight excluding hydrogens is 536 g/mol. The third-order valence-electron chi connectivity index (χ3n) is 8.80. The third-order valence-corrected chi connectivity index (χ3v) is 8.80. The van der Waals surface area contributed by atoms with Crippen LogP contribution in [0, 0.1) is 12.8 Å². The maximum absolute atomic E-state index is 13.4. The number of hydrogen-bond acceptors (Lipinski definition) is 3. The number of carbonyl (C=O) groups excluding carboxylic acids is 1. The van der Waals surface area contributed by atoms with Crippen LogP contribution in [0.4, 0.5) is 0 Å². The zero-order valence-corrected chi connectivity index (χ0v) is 26.3. The third kappa shape index (κ3) is 6.79. The minimum absolute atomic E-state index is 0.0515. The Hall–Kier alpha value is -4.06. The fraction of sp³-hybridized carbons (Fsp3) is 0.405. The van der Waals surface area contributed by atoms with E-state index >= 15 is 0 Å². The second-order valence-corrected chi connectivity index (χ2v) is 13.6. The van der Waals surface area contributed by atoms with Crippen LogP contribution in [0.3, 0.4) is 0 Å². The first-order valence-corrected chi connectivity index (χ1v) is 15.3. The van der Waals surface area contributed by atoms with Crippen LogP contribution in [0.1, 0.15) is 92.2 Å². The molecular formula is C37H44N2O4. The van der Waals surface area contributed by atoms with Gasteiger partial charge in [-0.2, -0.15) is 0 Å². The first-order chi connectivity index (χ1) is 20.3. The molecule has 2 N–H and O–H groups in total. The van der Waals surface area contributed by atoms with Crippen molar-refractivity contribution in [1.82, 2.24) is 9.88 Å². The summed E-state index contributed by atoms with van der Waals surface area (Å²) in [5, 5.41) is 13.8. The number of ether oxygens (including phenoxy) is 1. The van der Waals surface area contributed by atoms with Crippen molar-refractivity contribution in [3.05, 3.63) is 100 Å². The molecule has 1 saturated carbocycles. The number of aromatic nitrogens is 1. The SMILES string of the molecule is Cc1c(Cc2cccc(OC(C)(C)C(=O)O)c2)c2ccc(C(=O)NCc3cccc(C(C)(C)C)c3)cc2n1CC1CCC1. The molecule has 1 heterocycles. The molecule has 1 fully saturated rings. The molecule has 4 aromatic rings. The molecule has 1 amide bonds. The number of aliphatic carboxylic acids is 1. The Labute approximate surface area is 255 Å². The van der Waals surface area contributed by atoms with Crippen molar-refractivity contribution in [2.24, 2.45) is 5.92 Å². The molecule has 0 aliphatic heterocycles. The van der Waals surface area contributed by atoms with E-state index < -0.39 is 11.6 Å². The maximum atomic E-state index is 13.4. The van der Waals surface area contributed by atoms with Crippen molar-refractivity contribution in [2.45, 2.75) is 91.3 Å². The average Bonchev–Trinajstić information content (AvgIpc) is 3.18. The lowest BCUT2D eigenvalue weighted by molar-refractivity contribution is -0.152. The van der Waals surface area contributed by atoms with E-state index in [1.807, 2.05) is 30.3 Å². The highest BCUT2D eigenvalue weighted by molar-refractivity contribution is 5.99. The van der Waals surface area contributed by atoms with Crippen LogP contribution in [-0.4, -0.2) is 27.2 Å². The summed E-state index contributed by atoms with van der Waals surface area (Å²) in [6.45, 7) is 13.3. The predicted molar refractivity (Wildman–Crippen MR) is 172 cm³/mol. The maximum Gasteiger partial charge on any atom is 0.347 e. The van der Waals surface area contributed by atoms with Gasteiger partial charge in [-0.05, 0) is 97.9 Å². The minimum Gasteiger partial charge on any atom is -0.478 e. The van der Waals surface area contributed by atoms with Crippen molar-refractivity contribution in [1.29, 1.82) is 0 Å². The topological polar surface area (TPSA) is 80.6 Å². The Morgan fingerprint density at radius 1 is 0.953 bits per heavy atom. The number of amides is 1. The van der Waals surface area contributed by atoms with E-state index in [-0.39, 0.29) is 11.3 Å². The Kier molecular flexibility index (Phi) is 8.42. The highest BCUT2D eigenvalue weighted by Crippen LogP contribution is 2.35. The molecule has 0 bridgehead atoms. The second-order valence-electron chi connectivity index (χ2n) is 13.6. The van der Waals surface area contributed by atoms with Crippen molar-refractivity contribution >= 4 is 22.8 Å². The molecule has 3 aromatic carbocycles. The second kappa shape index (κ2) is 11.9. The van der Waals surface area contributed by atoms with Crippen LogP contribution in [-0.2, 0) is 29.7 Å². The monoisotopic (exact) mass is 580 g/mol. The van der Waals surface area contributed by atoms with Crippen LogP contribution in [0.15, 0.2) is 66.7 Å². The van der Waals surface area contributed by atoms with E-state index in [0.29, 0.717) is 30.2 Å². The van der Waals surface area contributed by atoms with Crippen LogP contribution in [0.5, 0.6) is 5.75 Å². The van der Waals surface area contributed by atoms with E-state index in [0.717, 1.165) is 28.6 Å². The summed E-state index contributed by atoms with van der Waals surface area (Å²) in [7, 11) is 0. The van der Waals surface area contributed by atoms with Crippen LogP contribution < -0.4 is 10.1 Å². The number of carboxylic acids is 1. The number of hydrogen-bond donors (Lipinski definition) is 2. The van der Waals surface area contributed by atoms with Gasteiger partial charge in [0.15, 0.2) is 5.60 Å². The van der Waals surface area contributed by atoms with Gasteiger partial charge in [0, 0.05) is 35.2 Å². The largest absolute Gasteiger partial charge is 0.478 e. The fourth-order valence-electron chi connectivity index (χ4n) is 5.78. The van der Waals surface area contributed by atoms with E-state index in [1.54, 1.807) is 19.9 Å². The van der Waals surface area contributed by atoms with Gasteiger partial charge in [-0.1, -0.05) is 69.7 Å². The first kappa shape index (κ1) is 30.4. The number of nitrogens with zero attached hydrogens (tertiary/aromatic N) is 1. The number of carboxylic acid groups (broad SMARTS) is 1. The molecule has 0 atom stereocenters. The van der Waals surface area contributed by atoms with Gasteiger partial charge in [-0.3, -0.25) is 4.79 Å². The number of carbonyl (C=O) groups is 2. The Bertz CT molecular complexity index is 1650. The van der Waals surface area contributed by atoms with Gasteiger partial charge in [0.1, 0.15) is 5.75 Å². The quantitative estimate of drug-likeness (QED) is 0.200. The summed E-state index contributed by atoms with van der Waals surface area (Å²) in [5.74, 6) is 0.105. The van der Waals surface area contributed by atoms with Crippen LogP contribution >= 0.6 is 0 Å². The molecule has 5 rings (SSSR count). The molecule has 1 aliphatic carbocycles. The fourth-order valence-corrected chi connectivity index (χ4v) is 5.78. The smallest absolute Gasteiger partial charge is 0.347 e. The molecule has 1 aliphatic rings. The lowest BCUT2D eigenvalue weighted by atomic mass is 9.85. The zero-order chi connectivity index (χ0) is 30.9. The highest BCUT2D eigenvalue weighted by Gasteiger charge is 2.29. The molecule has 0 saturated heterocycles. The van der Waals surface area contributed by atoms with E-state index in [1.165, 1.54) is 36.1 Å². The van der Waals surface area contributed by atoms with Gasteiger partial charge in [0.2, 0.25) is 0 Å². The molecule has 0 spiro atoms. The van der Waals surface area contributed by atoms with E-state index in [2.05, 4.69) is 67.9 Å². The lowest BCUT2D eigenvalue weighted by Crippen LogP contribution is -2.37. The summed E-state index contributed by atoms with van der Waals surface area (Å²) in [4.78, 5) is 24.9. The zero-order valence-electron chi connectivity index (χ0n) is 26.3. The first-order valence-electron chi connectivity index (χ1n) is 15.3. The molecule has 6 heteroatoms. The lowest BCUT2D eigenvalue weighted by Gasteiger charge is -2.27. The van der Waals surface area contributed by atoms with Gasteiger partial charge in [-0.15, -0.1) is 0 Å². The summed E-state index contributed by atoms with van der Waals surface area (Å²) >= 11 is 0. The van der Waals surface area contributed by atoms with Crippen molar-refractivity contribution in [3.8, 4) is 5.75 Å².